The van der Waals surface area contributed by atoms with Crippen molar-refractivity contribution in [1.29, 1.82) is 0 Å². The van der Waals surface area contributed by atoms with E-state index < -0.39 is 0 Å². The van der Waals surface area contributed by atoms with Gasteiger partial charge < -0.3 is 10.2 Å². The van der Waals surface area contributed by atoms with E-state index in [2.05, 4.69) is 151 Å². The van der Waals surface area contributed by atoms with Crippen LogP contribution in [-0.2, 0) is 0 Å². The molecule has 2 aliphatic rings. The van der Waals surface area contributed by atoms with Crippen molar-refractivity contribution < 1.29 is 0 Å². The van der Waals surface area contributed by atoms with E-state index in [-0.39, 0.29) is 6.71 Å². The number of fused-ring (bicyclic) bond motifs is 4. The third-order valence-corrected chi connectivity index (χ3v) is 10.3. The molecule has 6 heteroatoms. The molecule has 0 saturated carbocycles. The molecule has 0 unspecified atom stereocenters. The monoisotopic (exact) mass is 665 g/mol. The number of aromatic nitrogens is 3. The lowest BCUT2D eigenvalue weighted by atomic mass is 9.33. The smallest absolute Gasteiger partial charge is 0.252 e. The number of anilines is 5. The maximum atomic E-state index is 5.16. The molecule has 5 nitrogen and oxygen atoms in total. The van der Waals surface area contributed by atoms with Crippen molar-refractivity contribution in [1.82, 2.24) is 15.0 Å². The van der Waals surface area contributed by atoms with Crippen LogP contribution in [-0.4, -0.2) is 21.7 Å². The van der Waals surface area contributed by atoms with Crippen LogP contribution in [0.3, 0.4) is 0 Å². The van der Waals surface area contributed by atoms with Crippen LogP contribution < -0.4 is 26.6 Å². The maximum absolute atomic E-state index is 5.16. The first-order chi connectivity index (χ1) is 25.7. The van der Waals surface area contributed by atoms with Crippen molar-refractivity contribution in [2.75, 3.05) is 10.2 Å². The Bertz CT molecular complexity index is 2570. The quantitative estimate of drug-likeness (QED) is 0.186. The predicted octanol–water partition coefficient (Wildman–Crippen LogP) is 9.20. The number of para-hydroxylation sites is 3. The second-order valence-corrected chi connectivity index (χ2v) is 13.4. The Hall–Kier alpha value is -6.79. The number of hydrogen-bond acceptors (Lipinski definition) is 5. The van der Waals surface area contributed by atoms with E-state index in [0.717, 1.165) is 45.1 Å². The lowest BCUT2D eigenvalue weighted by Gasteiger charge is -2.41. The molecule has 0 spiro atoms. The van der Waals surface area contributed by atoms with Crippen LogP contribution in [0.1, 0.15) is 5.56 Å². The zero-order valence-corrected chi connectivity index (χ0v) is 28.5. The molecule has 244 valence electrons. The number of benzene rings is 7. The van der Waals surface area contributed by atoms with Gasteiger partial charge in [-0.3, -0.25) is 0 Å². The Balaban J connectivity index is 1.26. The van der Waals surface area contributed by atoms with Crippen LogP contribution >= 0.6 is 0 Å². The van der Waals surface area contributed by atoms with Crippen molar-refractivity contribution in [3.05, 3.63) is 175 Å². The van der Waals surface area contributed by atoms with E-state index >= 15 is 0 Å². The van der Waals surface area contributed by atoms with Gasteiger partial charge in [0.2, 0.25) is 0 Å². The molecule has 1 aromatic heterocycles. The molecule has 0 saturated heterocycles. The highest BCUT2D eigenvalue weighted by Gasteiger charge is 2.41. The highest BCUT2D eigenvalue weighted by Crippen LogP contribution is 2.43. The molecule has 8 aromatic rings. The van der Waals surface area contributed by atoms with Crippen LogP contribution in [0.5, 0.6) is 0 Å². The maximum Gasteiger partial charge on any atom is 0.252 e. The Morgan fingerprint density at radius 3 is 1.73 bits per heavy atom. The SMILES string of the molecule is Cc1ccccc1-c1cccc2c1Nc1cc(-c3nc(-c4ccccc4)nc(-c4ccccc4)n3)cc3c1B2c1ccccc1N3c1ccccc1. The summed E-state index contributed by atoms with van der Waals surface area (Å²) in [6.45, 7) is 2.21. The van der Waals surface area contributed by atoms with Crippen molar-refractivity contribution in [2.45, 2.75) is 6.92 Å². The molecule has 0 bridgehead atoms. The van der Waals surface area contributed by atoms with Crippen molar-refractivity contribution in [3.8, 4) is 45.3 Å². The molecule has 7 aromatic carbocycles. The second kappa shape index (κ2) is 12.2. The van der Waals surface area contributed by atoms with E-state index in [1.807, 2.05) is 36.4 Å². The lowest BCUT2D eigenvalue weighted by molar-refractivity contribution is 1.07. The van der Waals surface area contributed by atoms with Crippen molar-refractivity contribution >= 4 is 51.5 Å². The standard InChI is InChI=1S/C46H32BN5/c1-30-16-11-12-23-35(30)36-24-15-26-38-43(36)48-39-28-33(46-50-44(31-17-5-2-6-18-31)49-45(51-46)32-19-7-3-8-20-32)29-41-42(39)47(38)37-25-13-14-27-40(37)52(41)34-21-9-4-10-22-34/h2-29,48H,1H3. The zero-order chi connectivity index (χ0) is 34.6. The molecule has 0 amide bonds. The molecular formula is C46H32BN5. The molecule has 10 rings (SSSR count). The van der Waals surface area contributed by atoms with Crippen molar-refractivity contribution in [2.24, 2.45) is 0 Å². The molecule has 52 heavy (non-hydrogen) atoms. The van der Waals surface area contributed by atoms with Crippen LogP contribution in [0.4, 0.5) is 28.4 Å². The molecular weight excluding hydrogens is 633 g/mol. The number of rotatable bonds is 5. The number of aryl methyl sites for hydroxylation is 1. The topological polar surface area (TPSA) is 53.9 Å². The van der Waals surface area contributed by atoms with Crippen LogP contribution in [0.25, 0.3) is 45.3 Å². The largest absolute Gasteiger partial charge is 0.356 e. The summed E-state index contributed by atoms with van der Waals surface area (Å²) in [7, 11) is 0. The lowest BCUT2D eigenvalue weighted by Crippen LogP contribution is -2.60. The summed E-state index contributed by atoms with van der Waals surface area (Å²) < 4.78 is 0. The first kappa shape index (κ1) is 30.1. The fraction of sp³-hybridized carbons (Fsp3) is 0.0217. The van der Waals surface area contributed by atoms with Gasteiger partial charge in [0.1, 0.15) is 0 Å². The molecule has 0 aliphatic carbocycles. The third-order valence-electron chi connectivity index (χ3n) is 10.3. The van der Waals surface area contributed by atoms with E-state index in [9.17, 15) is 0 Å². The van der Waals surface area contributed by atoms with Gasteiger partial charge in [-0.2, -0.15) is 0 Å². The zero-order valence-electron chi connectivity index (χ0n) is 28.5. The Labute approximate surface area is 303 Å². The fourth-order valence-electron chi connectivity index (χ4n) is 7.88. The van der Waals surface area contributed by atoms with Crippen LogP contribution in [0, 0.1) is 6.92 Å². The van der Waals surface area contributed by atoms with Gasteiger partial charge in [0.15, 0.2) is 17.5 Å². The van der Waals surface area contributed by atoms with Crippen LogP contribution in [0.15, 0.2) is 170 Å². The second-order valence-electron chi connectivity index (χ2n) is 13.4. The summed E-state index contributed by atoms with van der Waals surface area (Å²) in [5, 5.41) is 3.98. The first-order valence-corrected chi connectivity index (χ1v) is 17.7. The summed E-state index contributed by atoms with van der Waals surface area (Å²) in [4.78, 5) is 17.7. The first-order valence-electron chi connectivity index (χ1n) is 17.7. The van der Waals surface area contributed by atoms with Gasteiger partial charge >= 0.3 is 0 Å². The van der Waals surface area contributed by atoms with Gasteiger partial charge in [0, 0.05) is 50.7 Å². The molecule has 1 N–H and O–H groups in total. The third kappa shape index (κ3) is 4.91. The van der Waals surface area contributed by atoms with Gasteiger partial charge in [0.25, 0.3) is 6.71 Å². The van der Waals surface area contributed by atoms with E-state index in [4.69, 9.17) is 15.0 Å². The number of hydrogen-bond donors (Lipinski definition) is 1. The van der Waals surface area contributed by atoms with Gasteiger partial charge in [-0.15, -0.1) is 0 Å². The Kier molecular flexibility index (Phi) is 7.07. The normalized spacial score (nSPS) is 12.4. The summed E-state index contributed by atoms with van der Waals surface area (Å²) in [5.41, 5.74) is 15.8. The van der Waals surface area contributed by atoms with Crippen molar-refractivity contribution in [3.63, 3.8) is 0 Å². The van der Waals surface area contributed by atoms with Crippen LogP contribution in [0.2, 0.25) is 0 Å². The van der Waals surface area contributed by atoms with Gasteiger partial charge in [-0.25, -0.2) is 15.0 Å². The average molecular weight is 666 g/mol. The molecule has 2 aliphatic heterocycles. The van der Waals surface area contributed by atoms with Gasteiger partial charge in [-0.05, 0) is 64.8 Å². The minimum Gasteiger partial charge on any atom is -0.356 e. The molecule has 3 heterocycles. The number of nitrogens with zero attached hydrogens (tertiary/aromatic N) is 4. The summed E-state index contributed by atoms with van der Waals surface area (Å²) in [6.07, 6.45) is 0. The minimum atomic E-state index is 0.0218. The average Bonchev–Trinajstić information content (AvgIpc) is 3.21. The summed E-state index contributed by atoms with van der Waals surface area (Å²) in [6, 6.07) is 59.6. The molecule has 0 fully saturated rings. The predicted molar refractivity (Wildman–Crippen MR) is 215 cm³/mol. The summed E-state index contributed by atoms with van der Waals surface area (Å²) >= 11 is 0. The molecule has 0 radical (unpaired) electrons. The fourth-order valence-corrected chi connectivity index (χ4v) is 7.88. The Morgan fingerprint density at radius 1 is 0.481 bits per heavy atom. The summed E-state index contributed by atoms with van der Waals surface area (Å²) in [5.74, 6) is 1.90. The van der Waals surface area contributed by atoms with E-state index in [0.29, 0.717) is 17.5 Å². The van der Waals surface area contributed by atoms with Gasteiger partial charge in [-0.1, -0.05) is 140 Å². The minimum absolute atomic E-state index is 0.0218. The van der Waals surface area contributed by atoms with Gasteiger partial charge in [0.05, 0.1) is 0 Å². The van der Waals surface area contributed by atoms with E-state index in [1.54, 1.807) is 0 Å². The molecule has 0 atom stereocenters. The highest BCUT2D eigenvalue weighted by molar-refractivity contribution is 7.00. The van der Waals surface area contributed by atoms with E-state index in [1.165, 1.54) is 33.1 Å². The highest BCUT2D eigenvalue weighted by atomic mass is 15.2. The Morgan fingerprint density at radius 2 is 1.04 bits per heavy atom. The number of nitrogens with one attached hydrogen (secondary N) is 1.